The fourth-order valence-corrected chi connectivity index (χ4v) is 9.43. The van der Waals surface area contributed by atoms with E-state index in [0.29, 0.717) is 5.92 Å². The second kappa shape index (κ2) is 11.5. The van der Waals surface area contributed by atoms with Gasteiger partial charge in [-0.15, -0.1) is 0 Å². The number of para-hydroxylation sites is 1. The van der Waals surface area contributed by atoms with E-state index in [1.807, 2.05) is 0 Å². The van der Waals surface area contributed by atoms with Crippen LogP contribution in [0.1, 0.15) is 126 Å². The van der Waals surface area contributed by atoms with Gasteiger partial charge in [-0.05, 0) is 135 Å². The molecule has 0 unspecified atom stereocenters. The molecule has 49 heavy (non-hydrogen) atoms. The third-order valence-corrected chi connectivity index (χ3v) is 12.5. The van der Waals surface area contributed by atoms with Crippen LogP contribution in [0.4, 0.5) is 17.1 Å². The van der Waals surface area contributed by atoms with Crippen molar-refractivity contribution in [2.75, 3.05) is 4.90 Å². The van der Waals surface area contributed by atoms with Gasteiger partial charge in [-0.3, -0.25) is 0 Å². The maximum atomic E-state index is 2.67. The molecule has 0 aliphatic heterocycles. The Bertz CT molecular complexity index is 2070. The van der Waals surface area contributed by atoms with E-state index in [9.17, 15) is 0 Å². The summed E-state index contributed by atoms with van der Waals surface area (Å²) in [6.07, 6.45) is 7.25. The van der Waals surface area contributed by atoms with E-state index in [0.717, 1.165) is 6.42 Å². The number of fused-ring (bicyclic) bond motifs is 5. The van der Waals surface area contributed by atoms with Gasteiger partial charge in [0.05, 0.1) is 11.4 Å². The molecule has 0 saturated carbocycles. The second-order valence-electron chi connectivity index (χ2n) is 17.3. The number of anilines is 3. The lowest BCUT2D eigenvalue weighted by Crippen LogP contribution is -2.33. The quantitative estimate of drug-likeness (QED) is 0.184. The van der Waals surface area contributed by atoms with Crippen LogP contribution in [0.15, 0.2) is 97.1 Å². The number of hydrogen-bond acceptors (Lipinski definition) is 1. The number of rotatable bonds is 5. The molecular weight excluding hydrogens is 591 g/mol. The predicted molar refractivity (Wildman–Crippen MR) is 210 cm³/mol. The van der Waals surface area contributed by atoms with Gasteiger partial charge in [0, 0.05) is 16.7 Å². The van der Waals surface area contributed by atoms with Crippen LogP contribution in [-0.2, 0) is 29.1 Å². The monoisotopic (exact) mass is 643 g/mol. The predicted octanol–water partition coefficient (Wildman–Crippen LogP) is 13.5. The molecule has 3 aliphatic rings. The summed E-state index contributed by atoms with van der Waals surface area (Å²) in [6.45, 7) is 19.3. The van der Waals surface area contributed by atoms with Crippen LogP contribution in [0.5, 0.6) is 0 Å². The van der Waals surface area contributed by atoms with Gasteiger partial charge < -0.3 is 4.90 Å². The molecule has 1 nitrogen and oxygen atoms in total. The van der Waals surface area contributed by atoms with Crippen molar-refractivity contribution in [1.29, 1.82) is 0 Å². The third-order valence-electron chi connectivity index (χ3n) is 12.5. The van der Waals surface area contributed by atoms with Crippen LogP contribution in [0.3, 0.4) is 0 Å². The molecule has 0 amide bonds. The lowest BCUT2D eigenvalue weighted by Gasteiger charge is -2.42. The highest BCUT2D eigenvalue weighted by Gasteiger charge is 2.39. The van der Waals surface area contributed by atoms with Crippen LogP contribution in [-0.4, -0.2) is 0 Å². The second-order valence-corrected chi connectivity index (χ2v) is 17.3. The van der Waals surface area contributed by atoms with Gasteiger partial charge >= 0.3 is 0 Å². The molecule has 1 heteroatoms. The summed E-state index contributed by atoms with van der Waals surface area (Å²) in [5, 5.41) is 0. The van der Waals surface area contributed by atoms with Crippen molar-refractivity contribution in [3.05, 3.63) is 136 Å². The van der Waals surface area contributed by atoms with Gasteiger partial charge in [-0.1, -0.05) is 128 Å². The standard InChI is InChI=1S/C48H53N/c1-31(2)35-24-22-32-16-12-13-19-36(32)45(35)49(34-17-10-9-11-18-34)44-30-42-39(37-20-14-15-21-40(37)48(42,7)8)29-38(44)33-23-25-41-43(28-33)47(5,6)27-26-46(41,3)4/h9-11,14-15,17-18,20-25,28-31H,12-13,16,19,26-27H2,1-8H3. The van der Waals surface area contributed by atoms with Crippen molar-refractivity contribution < 1.29 is 0 Å². The molecule has 250 valence electrons. The van der Waals surface area contributed by atoms with Crippen molar-refractivity contribution >= 4 is 17.1 Å². The highest BCUT2D eigenvalue weighted by molar-refractivity contribution is 5.96. The average molecular weight is 644 g/mol. The van der Waals surface area contributed by atoms with Gasteiger partial charge in [0.1, 0.15) is 0 Å². The summed E-state index contributed by atoms with van der Waals surface area (Å²) >= 11 is 0. The fourth-order valence-electron chi connectivity index (χ4n) is 9.43. The van der Waals surface area contributed by atoms with Gasteiger partial charge in [-0.25, -0.2) is 0 Å². The minimum Gasteiger partial charge on any atom is -0.309 e. The van der Waals surface area contributed by atoms with Crippen LogP contribution >= 0.6 is 0 Å². The number of hydrogen-bond donors (Lipinski definition) is 0. The van der Waals surface area contributed by atoms with Crippen LogP contribution in [0.25, 0.3) is 22.3 Å². The normalized spacial score (nSPS) is 18.0. The summed E-state index contributed by atoms with van der Waals surface area (Å²) in [5.41, 5.74) is 19.9. The van der Waals surface area contributed by atoms with E-state index < -0.39 is 0 Å². The Morgan fingerprint density at radius 3 is 2.02 bits per heavy atom. The molecule has 0 saturated heterocycles. The Balaban J connectivity index is 1.48. The summed E-state index contributed by atoms with van der Waals surface area (Å²) in [5.74, 6) is 0.402. The maximum absolute atomic E-state index is 2.67. The van der Waals surface area contributed by atoms with E-state index in [1.165, 1.54) is 105 Å². The van der Waals surface area contributed by atoms with E-state index in [4.69, 9.17) is 0 Å². The molecule has 0 atom stereocenters. The Hall–Kier alpha value is -4.10. The lowest BCUT2D eigenvalue weighted by atomic mass is 9.63. The van der Waals surface area contributed by atoms with Crippen molar-refractivity contribution in [3.8, 4) is 22.3 Å². The number of aryl methyl sites for hydroxylation is 1. The Labute approximate surface area is 295 Å². The molecule has 0 aromatic heterocycles. The molecule has 0 N–H and O–H groups in total. The van der Waals surface area contributed by atoms with Crippen LogP contribution in [0.2, 0.25) is 0 Å². The summed E-state index contributed by atoms with van der Waals surface area (Å²) in [7, 11) is 0. The van der Waals surface area contributed by atoms with E-state index in [1.54, 1.807) is 5.56 Å². The van der Waals surface area contributed by atoms with Crippen LogP contribution < -0.4 is 4.90 Å². The first-order chi connectivity index (χ1) is 23.4. The molecule has 8 rings (SSSR count). The minimum atomic E-state index is -0.0968. The van der Waals surface area contributed by atoms with E-state index in [-0.39, 0.29) is 16.2 Å². The average Bonchev–Trinajstić information content (AvgIpc) is 3.32. The van der Waals surface area contributed by atoms with Gasteiger partial charge in [0.2, 0.25) is 0 Å². The smallest absolute Gasteiger partial charge is 0.0543 e. The molecule has 0 heterocycles. The molecule has 5 aromatic rings. The summed E-state index contributed by atoms with van der Waals surface area (Å²) < 4.78 is 0. The summed E-state index contributed by atoms with van der Waals surface area (Å²) in [4.78, 5) is 2.67. The van der Waals surface area contributed by atoms with Gasteiger partial charge in [0.15, 0.2) is 0 Å². The Kier molecular flexibility index (Phi) is 7.52. The maximum Gasteiger partial charge on any atom is 0.0543 e. The van der Waals surface area contributed by atoms with Gasteiger partial charge in [0.25, 0.3) is 0 Å². The molecule has 0 radical (unpaired) electrons. The van der Waals surface area contributed by atoms with E-state index in [2.05, 4.69) is 157 Å². The SMILES string of the molecule is CC(C)c1ccc2c(c1N(c1ccccc1)c1cc3c(cc1-c1ccc4c(c1)C(C)(C)CCC4(C)C)-c1ccccc1C3(C)C)CCCC2. The van der Waals surface area contributed by atoms with Gasteiger partial charge in [-0.2, -0.15) is 0 Å². The molecule has 0 spiro atoms. The van der Waals surface area contributed by atoms with Crippen molar-refractivity contribution in [2.24, 2.45) is 0 Å². The zero-order chi connectivity index (χ0) is 34.3. The molecule has 0 bridgehead atoms. The highest BCUT2D eigenvalue weighted by atomic mass is 15.2. The topological polar surface area (TPSA) is 3.24 Å². The van der Waals surface area contributed by atoms with Crippen molar-refractivity contribution in [1.82, 2.24) is 0 Å². The largest absolute Gasteiger partial charge is 0.309 e. The first-order valence-electron chi connectivity index (χ1n) is 18.8. The number of nitrogens with zero attached hydrogens (tertiary/aromatic N) is 1. The minimum absolute atomic E-state index is 0.0968. The van der Waals surface area contributed by atoms with Crippen molar-refractivity contribution in [2.45, 2.75) is 116 Å². The molecule has 3 aliphatic carbocycles. The van der Waals surface area contributed by atoms with Crippen LogP contribution in [0, 0.1) is 0 Å². The number of benzene rings is 5. The fraction of sp³-hybridized carbons (Fsp3) is 0.375. The lowest BCUT2D eigenvalue weighted by molar-refractivity contribution is 0.332. The zero-order valence-electron chi connectivity index (χ0n) is 31.0. The molecular formula is C48H53N. The first-order valence-corrected chi connectivity index (χ1v) is 18.8. The Morgan fingerprint density at radius 1 is 0.571 bits per heavy atom. The van der Waals surface area contributed by atoms with Crippen molar-refractivity contribution in [3.63, 3.8) is 0 Å². The molecule has 5 aromatic carbocycles. The third kappa shape index (κ3) is 5.10. The first kappa shape index (κ1) is 32.1. The van der Waals surface area contributed by atoms with E-state index >= 15 is 0 Å². The molecule has 0 fully saturated rings. The Morgan fingerprint density at radius 2 is 1.27 bits per heavy atom. The summed E-state index contributed by atoms with van der Waals surface area (Å²) in [6, 6.07) is 37.8. The highest BCUT2D eigenvalue weighted by Crippen LogP contribution is 2.55. The zero-order valence-corrected chi connectivity index (χ0v) is 31.0.